The Hall–Kier alpha value is -4.00. The number of aryl methyl sites for hydroxylation is 1. The zero-order chi connectivity index (χ0) is 25.7. The van der Waals surface area contributed by atoms with Crippen LogP contribution in [0.2, 0.25) is 0 Å². The van der Waals surface area contributed by atoms with Crippen molar-refractivity contribution in [3.05, 3.63) is 97.0 Å². The van der Waals surface area contributed by atoms with Crippen molar-refractivity contribution >= 4 is 11.4 Å². The molecule has 1 saturated heterocycles. The predicted molar refractivity (Wildman–Crippen MR) is 140 cm³/mol. The first kappa shape index (κ1) is 25.1. The van der Waals surface area contributed by atoms with E-state index in [0.29, 0.717) is 17.9 Å². The molecule has 2 aromatic heterocycles. The van der Waals surface area contributed by atoms with Crippen LogP contribution >= 0.6 is 0 Å². The first-order chi connectivity index (χ1) is 17.5. The molecule has 186 valence electrons. The number of benzene rings is 1. The fourth-order valence-corrected chi connectivity index (χ4v) is 4.53. The molecule has 3 heterocycles. The summed E-state index contributed by atoms with van der Waals surface area (Å²) in [4.78, 5) is 24.0. The Morgan fingerprint density at radius 2 is 2.00 bits per heavy atom. The van der Waals surface area contributed by atoms with Crippen LogP contribution in [-0.4, -0.2) is 38.3 Å². The number of hydrogen-bond acceptors (Lipinski definition) is 4. The van der Waals surface area contributed by atoms with Gasteiger partial charge in [-0.25, -0.2) is 9.37 Å². The van der Waals surface area contributed by atoms with Crippen LogP contribution < -0.4 is 4.74 Å². The maximum atomic E-state index is 13.6. The summed E-state index contributed by atoms with van der Waals surface area (Å²) in [5.74, 6) is 1.07. The Balaban J connectivity index is 1.67. The summed E-state index contributed by atoms with van der Waals surface area (Å²) in [7, 11) is 0. The number of amides is 1. The fourth-order valence-electron chi connectivity index (χ4n) is 4.53. The molecule has 1 amide bonds. The minimum absolute atomic E-state index is 0.0764. The number of fused-ring (bicyclic) bond motifs is 1. The normalized spacial score (nSPS) is 16.8. The molecule has 4 rings (SSSR count). The van der Waals surface area contributed by atoms with Crippen LogP contribution in [0.4, 0.5) is 4.39 Å². The third kappa shape index (κ3) is 5.15. The number of carbonyl (C=O) groups excluding carboxylic acids is 1. The second-order valence-corrected chi connectivity index (χ2v) is 8.71. The van der Waals surface area contributed by atoms with Gasteiger partial charge >= 0.3 is 0 Å². The third-order valence-electron chi connectivity index (χ3n) is 6.42. The van der Waals surface area contributed by atoms with Gasteiger partial charge in [0.1, 0.15) is 24.0 Å². The van der Waals surface area contributed by atoms with Crippen molar-refractivity contribution in [2.75, 3.05) is 13.2 Å². The molecular weight excluding hydrogens is 455 g/mol. The molecule has 0 unspecified atom stereocenters. The van der Waals surface area contributed by atoms with Crippen molar-refractivity contribution in [2.45, 2.75) is 39.2 Å². The number of rotatable bonds is 8. The van der Waals surface area contributed by atoms with Gasteiger partial charge in [0.15, 0.2) is 0 Å². The van der Waals surface area contributed by atoms with Crippen LogP contribution in [0.25, 0.3) is 16.8 Å². The van der Waals surface area contributed by atoms with Gasteiger partial charge in [-0.2, -0.15) is 0 Å². The van der Waals surface area contributed by atoms with Gasteiger partial charge in [0.2, 0.25) is 5.91 Å². The van der Waals surface area contributed by atoms with Crippen LogP contribution in [0.15, 0.2) is 85.5 Å². The van der Waals surface area contributed by atoms with Crippen LogP contribution in [0.1, 0.15) is 43.7 Å². The second kappa shape index (κ2) is 11.2. The van der Waals surface area contributed by atoms with Gasteiger partial charge in [-0.15, -0.1) is 0 Å². The lowest BCUT2D eigenvalue weighted by atomic mass is 10.0. The summed E-state index contributed by atoms with van der Waals surface area (Å²) < 4.78 is 21.5. The third-order valence-corrected chi connectivity index (χ3v) is 6.42. The van der Waals surface area contributed by atoms with Crippen molar-refractivity contribution < 1.29 is 13.9 Å². The standard InChI is InChI=1S/C29H31FN4O2/c1-5-21(18-23(30)6-2)19-36-24-13-11-22(12-14-24)27-28-20(4)31-15-17-34(28)29(32-27)25-10-8-9-16-33(25)26(35)7-3/h5-7,11-15,17-18,25H,1,3,8-10,16,19H2,2,4H3/b21-18+,23-6+/t25-/m0/s1. The number of ether oxygens (including phenoxy) is 1. The van der Waals surface area contributed by atoms with E-state index in [1.165, 1.54) is 18.2 Å². The molecule has 6 nitrogen and oxygen atoms in total. The summed E-state index contributed by atoms with van der Waals surface area (Å²) in [6, 6.07) is 7.51. The lowest BCUT2D eigenvalue weighted by molar-refractivity contribution is -0.129. The monoisotopic (exact) mass is 486 g/mol. The highest BCUT2D eigenvalue weighted by Crippen LogP contribution is 2.35. The molecule has 0 N–H and O–H groups in total. The van der Waals surface area contributed by atoms with Gasteiger partial charge in [-0.05, 0) is 75.1 Å². The summed E-state index contributed by atoms with van der Waals surface area (Å²) >= 11 is 0. The molecular formula is C29H31FN4O2. The molecule has 1 atom stereocenters. The second-order valence-electron chi connectivity index (χ2n) is 8.71. The number of nitrogens with zero attached hydrogens (tertiary/aromatic N) is 4. The lowest BCUT2D eigenvalue weighted by Crippen LogP contribution is -2.38. The van der Waals surface area contributed by atoms with Crippen molar-refractivity contribution in [3.8, 4) is 17.0 Å². The summed E-state index contributed by atoms with van der Waals surface area (Å²) in [6.07, 6.45) is 12.3. The Labute approximate surface area is 211 Å². The van der Waals surface area contributed by atoms with E-state index in [4.69, 9.17) is 9.72 Å². The highest BCUT2D eigenvalue weighted by molar-refractivity contribution is 5.87. The molecule has 36 heavy (non-hydrogen) atoms. The summed E-state index contributed by atoms with van der Waals surface area (Å²) in [5, 5.41) is 0. The molecule has 0 spiro atoms. The van der Waals surface area contributed by atoms with E-state index in [1.54, 1.807) is 19.2 Å². The van der Waals surface area contributed by atoms with Crippen molar-refractivity contribution in [1.82, 2.24) is 19.3 Å². The smallest absolute Gasteiger partial charge is 0.246 e. The van der Waals surface area contributed by atoms with Crippen molar-refractivity contribution in [2.24, 2.45) is 0 Å². The molecule has 0 radical (unpaired) electrons. The average Bonchev–Trinajstić information content (AvgIpc) is 3.31. The highest BCUT2D eigenvalue weighted by atomic mass is 19.1. The maximum Gasteiger partial charge on any atom is 0.246 e. The van der Waals surface area contributed by atoms with Crippen molar-refractivity contribution in [1.29, 1.82) is 0 Å². The Morgan fingerprint density at radius 1 is 1.22 bits per heavy atom. The molecule has 7 heteroatoms. The van der Waals surface area contributed by atoms with Gasteiger partial charge in [0, 0.05) is 24.5 Å². The van der Waals surface area contributed by atoms with E-state index in [2.05, 4.69) is 22.5 Å². The number of allylic oxidation sites excluding steroid dienone is 3. The number of piperidine rings is 1. The summed E-state index contributed by atoms with van der Waals surface area (Å²) in [5.41, 5.74) is 4.14. The van der Waals surface area contributed by atoms with Crippen LogP contribution in [0.5, 0.6) is 5.75 Å². The van der Waals surface area contributed by atoms with Crippen LogP contribution in [-0.2, 0) is 4.79 Å². The quantitative estimate of drug-likeness (QED) is 0.277. The number of carbonyl (C=O) groups is 1. The number of aromatic nitrogens is 3. The Morgan fingerprint density at radius 3 is 2.69 bits per heavy atom. The topological polar surface area (TPSA) is 59.7 Å². The van der Waals surface area contributed by atoms with Crippen LogP contribution in [0.3, 0.4) is 0 Å². The molecule has 3 aromatic rings. The fraction of sp³-hybridized carbons (Fsp3) is 0.276. The Kier molecular flexibility index (Phi) is 7.78. The minimum atomic E-state index is -0.332. The maximum absolute atomic E-state index is 13.6. The first-order valence-electron chi connectivity index (χ1n) is 12.1. The largest absolute Gasteiger partial charge is 0.489 e. The van der Waals surface area contributed by atoms with Crippen LogP contribution in [0, 0.1) is 6.92 Å². The predicted octanol–water partition coefficient (Wildman–Crippen LogP) is 6.31. The number of halogens is 1. The summed E-state index contributed by atoms with van der Waals surface area (Å²) in [6.45, 7) is 11.9. The molecule has 1 fully saturated rings. The minimum Gasteiger partial charge on any atom is -0.489 e. The van der Waals surface area contributed by atoms with E-state index >= 15 is 0 Å². The van der Waals surface area contributed by atoms with E-state index in [-0.39, 0.29) is 24.4 Å². The van der Waals surface area contributed by atoms with Gasteiger partial charge in [0.05, 0.1) is 22.9 Å². The molecule has 1 aliphatic heterocycles. The molecule has 0 aliphatic carbocycles. The van der Waals surface area contributed by atoms with Gasteiger partial charge in [-0.1, -0.05) is 25.3 Å². The average molecular weight is 487 g/mol. The van der Waals surface area contributed by atoms with Gasteiger partial charge in [0.25, 0.3) is 0 Å². The van der Waals surface area contributed by atoms with E-state index in [9.17, 15) is 9.18 Å². The molecule has 0 bridgehead atoms. The lowest BCUT2D eigenvalue weighted by Gasteiger charge is -2.34. The molecule has 1 aliphatic rings. The van der Waals surface area contributed by atoms with Crippen molar-refractivity contribution in [3.63, 3.8) is 0 Å². The first-order valence-corrected chi connectivity index (χ1v) is 12.1. The highest BCUT2D eigenvalue weighted by Gasteiger charge is 2.31. The van der Waals surface area contributed by atoms with E-state index in [1.807, 2.05) is 42.3 Å². The SMILES string of the molecule is C=CC(=O)N1CCCC[C@H]1c1nc(-c2ccc(OC/C(C=C)=C/C(F)=C\C)cc2)c2c(C)nccn12. The number of likely N-dealkylation sites (tertiary alicyclic amines) is 1. The van der Waals surface area contributed by atoms with Gasteiger partial charge < -0.3 is 9.64 Å². The molecule has 1 aromatic carbocycles. The Bertz CT molecular complexity index is 1340. The number of imidazole rings is 1. The molecule has 0 saturated carbocycles. The number of hydrogen-bond donors (Lipinski definition) is 0. The van der Waals surface area contributed by atoms with E-state index < -0.39 is 0 Å². The van der Waals surface area contributed by atoms with Gasteiger partial charge in [-0.3, -0.25) is 14.2 Å². The zero-order valence-electron chi connectivity index (χ0n) is 20.8. The zero-order valence-corrected chi connectivity index (χ0v) is 20.8. The van der Waals surface area contributed by atoms with E-state index in [0.717, 1.165) is 47.6 Å².